The number of benzene rings is 2. The van der Waals surface area contributed by atoms with Crippen LogP contribution < -0.4 is 18.9 Å². The quantitative estimate of drug-likeness (QED) is 0.713. The van der Waals surface area contributed by atoms with Crippen molar-refractivity contribution in [3.05, 3.63) is 46.5 Å². The van der Waals surface area contributed by atoms with Crippen LogP contribution in [0.15, 0.2) is 24.3 Å². The highest BCUT2D eigenvalue weighted by molar-refractivity contribution is 6.03. The number of rotatable bonds is 0. The minimum Gasteiger partial charge on any atom is -0.454 e. The number of likely N-dealkylation sites (N-methyl/N-ethyl adjacent to an activating group) is 1. The molecular formula is C21H21NO5. The molecule has 27 heavy (non-hydrogen) atoms. The lowest BCUT2D eigenvalue weighted by atomic mass is 9.85. The van der Waals surface area contributed by atoms with Crippen molar-refractivity contribution in [2.24, 2.45) is 0 Å². The van der Waals surface area contributed by atoms with Gasteiger partial charge in [0.25, 0.3) is 0 Å². The zero-order chi connectivity index (χ0) is 18.5. The third-order valence-corrected chi connectivity index (χ3v) is 5.59. The summed E-state index contributed by atoms with van der Waals surface area (Å²) in [4.78, 5) is 15.7. The number of hydrogen-bond donors (Lipinski definition) is 0. The predicted molar refractivity (Wildman–Crippen MR) is 97.9 cm³/mol. The van der Waals surface area contributed by atoms with E-state index in [2.05, 4.69) is 11.9 Å². The molecule has 2 aromatic carbocycles. The summed E-state index contributed by atoms with van der Waals surface area (Å²) >= 11 is 0. The van der Waals surface area contributed by atoms with Crippen LogP contribution in [-0.2, 0) is 13.0 Å². The van der Waals surface area contributed by atoms with Gasteiger partial charge in [0, 0.05) is 30.1 Å². The summed E-state index contributed by atoms with van der Waals surface area (Å²) in [5.74, 6) is 2.68. The van der Waals surface area contributed by atoms with E-state index in [0.29, 0.717) is 17.9 Å². The summed E-state index contributed by atoms with van der Waals surface area (Å²) in [5.41, 5.74) is 3.75. The highest BCUT2D eigenvalue weighted by atomic mass is 16.7. The molecule has 0 unspecified atom stereocenters. The monoisotopic (exact) mass is 367 g/mol. The van der Waals surface area contributed by atoms with Gasteiger partial charge in [-0.05, 0) is 42.8 Å². The Bertz CT molecular complexity index is 939. The molecule has 2 aromatic rings. The normalized spacial score (nSPS) is 21.0. The van der Waals surface area contributed by atoms with Crippen molar-refractivity contribution in [2.75, 3.05) is 27.2 Å². The molecule has 0 amide bonds. The summed E-state index contributed by atoms with van der Waals surface area (Å²) in [6.07, 6.45) is 0.767. The summed E-state index contributed by atoms with van der Waals surface area (Å²) in [6.45, 7) is 3.91. The molecule has 0 N–H and O–H groups in total. The maximum atomic E-state index is 13.4. The number of carbonyl (C=O) groups excluding carboxylic acids is 1. The molecule has 140 valence electrons. The van der Waals surface area contributed by atoms with E-state index in [-0.39, 0.29) is 25.3 Å². The first-order valence-electron chi connectivity index (χ1n) is 9.18. The van der Waals surface area contributed by atoms with E-state index in [9.17, 15) is 4.79 Å². The molecule has 0 bridgehead atoms. The number of fused-ring (bicyclic) bond motifs is 5. The van der Waals surface area contributed by atoms with Crippen molar-refractivity contribution >= 4 is 5.78 Å². The lowest BCUT2D eigenvalue weighted by Crippen LogP contribution is -2.25. The molecule has 0 spiro atoms. The van der Waals surface area contributed by atoms with Crippen molar-refractivity contribution < 1.29 is 23.7 Å². The average Bonchev–Trinajstić information content (AvgIpc) is 3.32. The van der Waals surface area contributed by atoms with Gasteiger partial charge in [-0.3, -0.25) is 4.79 Å². The maximum absolute atomic E-state index is 13.4. The molecule has 6 heteroatoms. The van der Waals surface area contributed by atoms with E-state index in [1.165, 1.54) is 0 Å². The Morgan fingerprint density at radius 2 is 1.74 bits per heavy atom. The zero-order valence-electron chi connectivity index (χ0n) is 15.4. The topological polar surface area (TPSA) is 57.2 Å². The number of Topliss-reactive ketones (excluding diaryl/α,β-unsaturated/α-hetero) is 1. The van der Waals surface area contributed by atoms with Crippen molar-refractivity contribution in [1.82, 2.24) is 4.90 Å². The van der Waals surface area contributed by atoms with E-state index in [4.69, 9.17) is 18.9 Å². The van der Waals surface area contributed by atoms with Gasteiger partial charge in [-0.15, -0.1) is 0 Å². The Labute approximate surface area is 157 Å². The standard InChI is InChI=1S/C21H21NO5/c1-12-14-3-4-17-21(27-11-24-17)16(14)9-22(2)6-5-13-7-18-19(26-10-25-18)8-15(13)20(12)23/h3-4,7-8,12H,5-6,9-11H2,1-2H3/t12-/m1/s1. The number of hydrogen-bond acceptors (Lipinski definition) is 6. The second-order valence-electron chi connectivity index (χ2n) is 7.30. The first-order valence-corrected chi connectivity index (χ1v) is 9.18. The maximum Gasteiger partial charge on any atom is 0.231 e. The molecule has 0 aromatic heterocycles. The van der Waals surface area contributed by atoms with E-state index >= 15 is 0 Å². The largest absolute Gasteiger partial charge is 0.454 e. The molecule has 0 saturated heterocycles. The fourth-order valence-corrected chi connectivity index (χ4v) is 4.07. The van der Waals surface area contributed by atoms with E-state index in [1.807, 2.05) is 31.2 Å². The van der Waals surface area contributed by atoms with E-state index < -0.39 is 0 Å². The van der Waals surface area contributed by atoms with Crippen LogP contribution in [0.25, 0.3) is 0 Å². The summed E-state index contributed by atoms with van der Waals surface area (Å²) < 4.78 is 22.3. The molecule has 3 aliphatic heterocycles. The van der Waals surface area contributed by atoms with Crippen LogP contribution in [0.1, 0.15) is 39.9 Å². The molecule has 3 heterocycles. The summed E-state index contributed by atoms with van der Waals surface area (Å²) in [6, 6.07) is 7.69. The fourth-order valence-electron chi connectivity index (χ4n) is 4.07. The van der Waals surface area contributed by atoms with Crippen LogP contribution in [0.5, 0.6) is 23.0 Å². The van der Waals surface area contributed by atoms with Crippen LogP contribution in [-0.4, -0.2) is 37.9 Å². The Kier molecular flexibility index (Phi) is 3.75. The minimum absolute atomic E-state index is 0.0907. The van der Waals surface area contributed by atoms with Crippen LogP contribution in [0.2, 0.25) is 0 Å². The Morgan fingerprint density at radius 1 is 1.00 bits per heavy atom. The Balaban J connectivity index is 1.65. The Hall–Kier alpha value is -2.73. The first kappa shape index (κ1) is 16.4. The van der Waals surface area contributed by atoms with Gasteiger partial charge < -0.3 is 23.8 Å². The second kappa shape index (κ2) is 6.16. The molecular weight excluding hydrogens is 346 g/mol. The van der Waals surface area contributed by atoms with E-state index in [1.54, 1.807) is 0 Å². The summed E-state index contributed by atoms with van der Waals surface area (Å²) in [7, 11) is 2.08. The highest BCUT2D eigenvalue weighted by Gasteiger charge is 2.30. The van der Waals surface area contributed by atoms with Gasteiger partial charge in [-0.1, -0.05) is 13.0 Å². The third-order valence-electron chi connectivity index (χ3n) is 5.59. The molecule has 6 nitrogen and oxygen atoms in total. The lowest BCUT2D eigenvalue weighted by molar-refractivity contribution is 0.0963. The molecule has 1 atom stereocenters. The molecule has 0 aliphatic carbocycles. The van der Waals surface area contributed by atoms with Crippen molar-refractivity contribution in [1.29, 1.82) is 0 Å². The van der Waals surface area contributed by atoms with Gasteiger partial charge in [0.05, 0.1) is 0 Å². The van der Waals surface area contributed by atoms with Gasteiger partial charge in [-0.25, -0.2) is 0 Å². The molecule has 0 saturated carbocycles. The fraction of sp³-hybridized carbons (Fsp3) is 0.381. The van der Waals surface area contributed by atoms with Crippen LogP contribution in [0.3, 0.4) is 0 Å². The SMILES string of the molecule is C[C@H]1C(=O)c2cc3c(cc2CCN(C)Cc2c1ccc1c2OCO1)OCO3. The zero-order valence-corrected chi connectivity index (χ0v) is 15.4. The summed E-state index contributed by atoms with van der Waals surface area (Å²) in [5, 5.41) is 0. The second-order valence-corrected chi connectivity index (χ2v) is 7.30. The van der Waals surface area contributed by atoms with Crippen LogP contribution in [0, 0.1) is 0 Å². The molecule has 0 fully saturated rings. The molecule has 5 rings (SSSR count). The first-order chi connectivity index (χ1) is 13.1. The number of carbonyl (C=O) groups is 1. The van der Waals surface area contributed by atoms with Crippen molar-refractivity contribution in [3.63, 3.8) is 0 Å². The number of nitrogens with zero attached hydrogens (tertiary/aromatic N) is 1. The smallest absolute Gasteiger partial charge is 0.231 e. The van der Waals surface area contributed by atoms with Crippen LogP contribution in [0.4, 0.5) is 0 Å². The van der Waals surface area contributed by atoms with Gasteiger partial charge in [0.15, 0.2) is 28.8 Å². The average molecular weight is 367 g/mol. The van der Waals surface area contributed by atoms with Crippen LogP contribution >= 0.6 is 0 Å². The van der Waals surface area contributed by atoms with Crippen molar-refractivity contribution in [2.45, 2.75) is 25.8 Å². The third kappa shape index (κ3) is 2.63. The van der Waals surface area contributed by atoms with Gasteiger partial charge in [0.2, 0.25) is 13.6 Å². The predicted octanol–water partition coefficient (Wildman–Crippen LogP) is 3.12. The van der Waals surface area contributed by atoms with E-state index in [0.717, 1.165) is 46.9 Å². The lowest BCUT2D eigenvalue weighted by Gasteiger charge is -2.25. The van der Waals surface area contributed by atoms with Gasteiger partial charge >= 0.3 is 0 Å². The number of ketones is 1. The minimum atomic E-state index is -0.292. The molecule has 3 aliphatic rings. The van der Waals surface area contributed by atoms with Gasteiger partial charge in [0.1, 0.15) is 0 Å². The van der Waals surface area contributed by atoms with Gasteiger partial charge in [-0.2, -0.15) is 0 Å². The number of ether oxygens (including phenoxy) is 4. The Morgan fingerprint density at radius 3 is 2.59 bits per heavy atom. The van der Waals surface area contributed by atoms with Crippen molar-refractivity contribution in [3.8, 4) is 23.0 Å². The highest BCUT2D eigenvalue weighted by Crippen LogP contribution is 2.42. The molecule has 0 radical (unpaired) electrons.